The molecule has 1 atom stereocenters. The van der Waals surface area contributed by atoms with Crippen LogP contribution in [0.3, 0.4) is 0 Å². The molecule has 3 nitrogen and oxygen atoms in total. The Labute approximate surface area is 132 Å². The Hall–Kier alpha value is -0.930. The molecule has 1 aliphatic carbocycles. The maximum atomic E-state index is 6.40. The van der Waals surface area contributed by atoms with Crippen molar-refractivity contribution in [3.63, 3.8) is 0 Å². The Morgan fingerprint density at radius 2 is 2.05 bits per heavy atom. The van der Waals surface area contributed by atoms with Crippen LogP contribution in [0.15, 0.2) is 18.2 Å². The summed E-state index contributed by atoms with van der Waals surface area (Å²) in [5, 5.41) is 4.54. The van der Waals surface area contributed by atoms with E-state index in [0.29, 0.717) is 6.04 Å². The molecule has 3 rings (SSSR count). The summed E-state index contributed by atoms with van der Waals surface area (Å²) in [5.41, 5.74) is 1.11. The van der Waals surface area contributed by atoms with Crippen molar-refractivity contribution in [1.29, 1.82) is 0 Å². The molecule has 1 N–H and O–H groups in total. The Balaban J connectivity index is 1.73. The Bertz CT molecular complexity index is 474. The largest absolute Gasteiger partial charge is 0.497 e. The molecule has 0 aromatic heterocycles. The van der Waals surface area contributed by atoms with Crippen molar-refractivity contribution >= 4 is 17.3 Å². The number of ether oxygens (including phenoxy) is 1. The summed E-state index contributed by atoms with van der Waals surface area (Å²) in [5.74, 6) is 1.70. The van der Waals surface area contributed by atoms with Crippen LogP contribution in [0.25, 0.3) is 0 Å². The third-order valence-electron chi connectivity index (χ3n) is 4.92. The molecule has 1 aromatic carbocycles. The summed E-state index contributed by atoms with van der Waals surface area (Å²) in [6, 6.07) is 6.52. The monoisotopic (exact) mass is 308 g/mol. The molecular formula is C17H25ClN2O. The number of hydrogen-bond acceptors (Lipinski definition) is 3. The molecule has 1 unspecified atom stereocenters. The van der Waals surface area contributed by atoms with Crippen LogP contribution in [0.5, 0.6) is 5.75 Å². The molecule has 2 aliphatic rings. The number of rotatable bonds is 3. The maximum absolute atomic E-state index is 6.40. The van der Waals surface area contributed by atoms with Gasteiger partial charge in [0.25, 0.3) is 0 Å². The average Bonchev–Trinajstić information content (AvgIpc) is 2.56. The fourth-order valence-electron chi connectivity index (χ4n) is 3.71. The van der Waals surface area contributed by atoms with E-state index in [4.69, 9.17) is 16.3 Å². The van der Waals surface area contributed by atoms with Gasteiger partial charge in [-0.25, -0.2) is 0 Å². The van der Waals surface area contributed by atoms with E-state index in [9.17, 15) is 0 Å². The maximum Gasteiger partial charge on any atom is 0.121 e. The second kappa shape index (κ2) is 6.89. The highest BCUT2D eigenvalue weighted by atomic mass is 35.5. The van der Waals surface area contributed by atoms with Gasteiger partial charge in [0.1, 0.15) is 5.75 Å². The van der Waals surface area contributed by atoms with Crippen LogP contribution in [-0.4, -0.2) is 32.8 Å². The quantitative estimate of drug-likeness (QED) is 0.921. The van der Waals surface area contributed by atoms with Crippen molar-refractivity contribution in [1.82, 2.24) is 5.32 Å². The molecule has 4 heteroatoms. The first-order chi connectivity index (χ1) is 10.3. The first-order valence-electron chi connectivity index (χ1n) is 8.10. The van der Waals surface area contributed by atoms with Gasteiger partial charge in [-0.2, -0.15) is 0 Å². The van der Waals surface area contributed by atoms with Gasteiger partial charge in [-0.15, -0.1) is 0 Å². The third-order valence-corrected chi connectivity index (χ3v) is 5.24. The van der Waals surface area contributed by atoms with E-state index in [0.717, 1.165) is 42.0 Å². The lowest BCUT2D eigenvalue weighted by Crippen LogP contribution is -2.54. The summed E-state index contributed by atoms with van der Waals surface area (Å²) in [6.07, 6.45) is 6.94. The van der Waals surface area contributed by atoms with Gasteiger partial charge in [-0.05, 0) is 30.9 Å². The van der Waals surface area contributed by atoms with Crippen LogP contribution in [-0.2, 0) is 0 Å². The molecule has 2 fully saturated rings. The summed E-state index contributed by atoms with van der Waals surface area (Å²) >= 11 is 6.40. The van der Waals surface area contributed by atoms with Gasteiger partial charge in [0.2, 0.25) is 0 Å². The molecule has 1 aliphatic heterocycles. The normalized spacial score (nSPS) is 24.1. The van der Waals surface area contributed by atoms with Crippen LogP contribution < -0.4 is 15.0 Å². The Morgan fingerprint density at radius 3 is 2.81 bits per heavy atom. The van der Waals surface area contributed by atoms with E-state index in [1.165, 1.54) is 32.1 Å². The number of methoxy groups -OCH3 is 1. The van der Waals surface area contributed by atoms with E-state index < -0.39 is 0 Å². The lowest BCUT2D eigenvalue weighted by atomic mass is 9.83. The molecule has 0 spiro atoms. The molecule has 1 heterocycles. The van der Waals surface area contributed by atoms with E-state index in [1.54, 1.807) is 7.11 Å². The first kappa shape index (κ1) is 15.0. The molecule has 1 saturated carbocycles. The van der Waals surface area contributed by atoms with Gasteiger partial charge in [-0.3, -0.25) is 0 Å². The van der Waals surface area contributed by atoms with Gasteiger partial charge < -0.3 is 15.0 Å². The zero-order valence-corrected chi connectivity index (χ0v) is 13.5. The van der Waals surface area contributed by atoms with Gasteiger partial charge in [0.15, 0.2) is 0 Å². The van der Waals surface area contributed by atoms with E-state index in [1.807, 2.05) is 12.1 Å². The predicted octanol–water partition coefficient (Wildman–Crippen LogP) is 3.71. The SMILES string of the molecule is COc1ccc(Cl)c(N2CCNC(C3CCCCC3)C2)c1. The number of halogens is 1. The van der Waals surface area contributed by atoms with E-state index in [2.05, 4.69) is 16.3 Å². The molecule has 1 aromatic rings. The van der Waals surface area contributed by atoms with Crippen LogP contribution in [0, 0.1) is 5.92 Å². The summed E-state index contributed by atoms with van der Waals surface area (Å²) in [6.45, 7) is 3.10. The number of benzene rings is 1. The average molecular weight is 309 g/mol. The minimum atomic E-state index is 0.598. The van der Waals surface area contributed by atoms with Crippen LogP contribution >= 0.6 is 11.6 Å². The van der Waals surface area contributed by atoms with Crippen LogP contribution in [0.1, 0.15) is 32.1 Å². The summed E-state index contributed by atoms with van der Waals surface area (Å²) < 4.78 is 5.34. The summed E-state index contributed by atoms with van der Waals surface area (Å²) in [4.78, 5) is 2.42. The Kier molecular flexibility index (Phi) is 4.91. The molecule has 0 amide bonds. The lowest BCUT2D eigenvalue weighted by molar-refractivity contribution is 0.257. The highest BCUT2D eigenvalue weighted by Gasteiger charge is 2.28. The van der Waals surface area contributed by atoms with Crippen molar-refractivity contribution < 1.29 is 4.74 Å². The molecule has 21 heavy (non-hydrogen) atoms. The zero-order chi connectivity index (χ0) is 14.7. The fraction of sp³-hybridized carbons (Fsp3) is 0.647. The second-order valence-corrected chi connectivity index (χ2v) is 6.63. The minimum Gasteiger partial charge on any atom is -0.497 e. The molecular weight excluding hydrogens is 284 g/mol. The van der Waals surface area contributed by atoms with Crippen LogP contribution in [0.4, 0.5) is 5.69 Å². The molecule has 0 radical (unpaired) electrons. The minimum absolute atomic E-state index is 0.598. The van der Waals surface area contributed by atoms with Gasteiger partial charge in [0, 0.05) is 31.7 Å². The number of nitrogens with one attached hydrogen (secondary N) is 1. The van der Waals surface area contributed by atoms with Crippen molar-refractivity contribution in [2.75, 3.05) is 31.6 Å². The summed E-state index contributed by atoms with van der Waals surface area (Å²) in [7, 11) is 1.70. The van der Waals surface area contributed by atoms with Crippen LogP contribution in [0.2, 0.25) is 5.02 Å². The molecule has 0 bridgehead atoms. The smallest absolute Gasteiger partial charge is 0.121 e. The van der Waals surface area contributed by atoms with Gasteiger partial charge >= 0.3 is 0 Å². The fourth-order valence-corrected chi connectivity index (χ4v) is 3.95. The second-order valence-electron chi connectivity index (χ2n) is 6.22. The van der Waals surface area contributed by atoms with Crippen molar-refractivity contribution in [3.05, 3.63) is 23.2 Å². The number of hydrogen-bond donors (Lipinski definition) is 1. The molecule has 1 saturated heterocycles. The first-order valence-corrected chi connectivity index (χ1v) is 8.47. The third kappa shape index (κ3) is 3.46. The number of anilines is 1. The molecule has 116 valence electrons. The van der Waals surface area contributed by atoms with Crippen molar-refractivity contribution in [2.24, 2.45) is 5.92 Å². The predicted molar refractivity (Wildman–Crippen MR) is 88.6 cm³/mol. The van der Waals surface area contributed by atoms with Gasteiger partial charge in [0.05, 0.1) is 17.8 Å². The lowest BCUT2D eigenvalue weighted by Gasteiger charge is -2.40. The van der Waals surface area contributed by atoms with E-state index in [-0.39, 0.29) is 0 Å². The number of nitrogens with zero attached hydrogens (tertiary/aromatic N) is 1. The zero-order valence-electron chi connectivity index (χ0n) is 12.8. The Morgan fingerprint density at radius 1 is 1.24 bits per heavy atom. The number of piperazine rings is 1. The highest BCUT2D eigenvalue weighted by Crippen LogP contribution is 2.33. The van der Waals surface area contributed by atoms with E-state index >= 15 is 0 Å². The van der Waals surface area contributed by atoms with Crippen molar-refractivity contribution in [2.45, 2.75) is 38.1 Å². The highest BCUT2D eigenvalue weighted by molar-refractivity contribution is 6.33. The van der Waals surface area contributed by atoms with Gasteiger partial charge in [-0.1, -0.05) is 30.9 Å². The van der Waals surface area contributed by atoms with Crippen molar-refractivity contribution in [3.8, 4) is 5.75 Å². The standard InChI is InChI=1S/C17H25ClN2O/c1-21-14-7-8-15(18)17(11-14)20-10-9-19-16(12-20)13-5-3-2-4-6-13/h7-8,11,13,16,19H,2-6,9-10,12H2,1H3. The topological polar surface area (TPSA) is 24.5 Å².